The minimum atomic E-state index is -4.89. The van der Waals surface area contributed by atoms with Crippen LogP contribution in [0.5, 0.6) is 17.2 Å². The molecule has 45 heavy (non-hydrogen) atoms. The number of carbonyl (C=O) groups excluding carboxylic acids is 2. The average molecular weight is 648 g/mol. The van der Waals surface area contributed by atoms with Crippen molar-refractivity contribution in [1.29, 1.82) is 0 Å². The molecule has 1 saturated carbocycles. The Morgan fingerprint density at radius 3 is 2.38 bits per heavy atom. The number of hydrogen-bond donors (Lipinski definition) is 3. The second-order valence-electron chi connectivity index (χ2n) is 10.7. The molecule has 0 radical (unpaired) electrons. The molecular weight excluding hydrogens is 619 g/mol. The topological polar surface area (TPSA) is 126 Å². The fourth-order valence-electron chi connectivity index (χ4n) is 5.27. The third-order valence-corrected chi connectivity index (χ3v) is 7.81. The van der Waals surface area contributed by atoms with Gasteiger partial charge in [-0.3, -0.25) is 14.4 Å². The molecule has 1 heterocycles. The number of amides is 2. The number of halogens is 4. The van der Waals surface area contributed by atoms with Crippen molar-refractivity contribution in [3.8, 4) is 17.2 Å². The number of alkyl halides is 3. The van der Waals surface area contributed by atoms with Gasteiger partial charge in [-0.1, -0.05) is 29.8 Å². The smallest absolute Gasteiger partial charge is 0.497 e. The number of hydrogen-bond acceptors (Lipinski definition) is 7. The standard InChI is InChI=1S/C31H29ClF3N3O7/c1-43-22-12-20(13-23(14-22)44-11-8-26(39)36-16-27(40)41)37-28(18-2-4-19(32)5-3-18)29(42)38-17-30(9-10-30)24-7-6-21(15-25(24)38)45-31(33,34)35/h2-7,12-15,28,37H,8-11,16-17H2,1H3,(H,36,39)(H,40,41). The molecule has 2 aliphatic rings. The quantitative estimate of drug-likeness (QED) is 0.237. The van der Waals surface area contributed by atoms with Crippen molar-refractivity contribution in [3.05, 3.63) is 76.8 Å². The van der Waals surface area contributed by atoms with Crippen molar-refractivity contribution in [2.75, 3.05) is 37.0 Å². The number of nitrogens with one attached hydrogen (secondary N) is 2. The first-order valence-corrected chi connectivity index (χ1v) is 14.3. The zero-order chi connectivity index (χ0) is 32.4. The van der Waals surface area contributed by atoms with Crippen LogP contribution in [0, 0.1) is 0 Å². The van der Waals surface area contributed by atoms with Gasteiger partial charge in [0.2, 0.25) is 5.91 Å². The maximum atomic E-state index is 14.3. The average Bonchev–Trinajstić information content (AvgIpc) is 3.70. The van der Waals surface area contributed by atoms with Crippen molar-refractivity contribution in [1.82, 2.24) is 5.32 Å². The lowest BCUT2D eigenvalue weighted by molar-refractivity contribution is -0.274. The minimum absolute atomic E-state index is 0.0629. The largest absolute Gasteiger partial charge is 0.573 e. The van der Waals surface area contributed by atoms with Crippen LogP contribution in [0.2, 0.25) is 5.02 Å². The number of fused-ring (bicyclic) bond motifs is 2. The second-order valence-corrected chi connectivity index (χ2v) is 11.2. The third-order valence-electron chi connectivity index (χ3n) is 7.56. The third kappa shape index (κ3) is 7.72. The number of aliphatic carboxylic acids is 1. The number of anilines is 2. The molecule has 3 N–H and O–H groups in total. The number of carboxylic acid groups (broad SMARTS) is 1. The van der Waals surface area contributed by atoms with Crippen LogP contribution in [-0.2, 0) is 19.8 Å². The Bertz CT molecular complexity index is 1600. The molecule has 1 fully saturated rings. The second kappa shape index (κ2) is 12.8. The number of ether oxygens (including phenoxy) is 3. The summed E-state index contributed by atoms with van der Waals surface area (Å²) < 4.78 is 54.4. The molecule has 10 nitrogen and oxygen atoms in total. The number of methoxy groups -OCH3 is 1. The molecule has 1 aliphatic heterocycles. The van der Waals surface area contributed by atoms with E-state index in [1.54, 1.807) is 48.5 Å². The van der Waals surface area contributed by atoms with Gasteiger partial charge in [0.1, 0.15) is 29.8 Å². The molecule has 0 saturated heterocycles. The van der Waals surface area contributed by atoms with Gasteiger partial charge in [-0.05, 0) is 42.2 Å². The molecule has 1 unspecified atom stereocenters. The zero-order valence-electron chi connectivity index (χ0n) is 23.9. The molecule has 14 heteroatoms. The number of nitrogens with zero attached hydrogens (tertiary/aromatic N) is 1. The summed E-state index contributed by atoms with van der Waals surface area (Å²) in [6.45, 7) is -0.267. The van der Waals surface area contributed by atoms with Gasteiger partial charge in [0.15, 0.2) is 0 Å². The Morgan fingerprint density at radius 1 is 1.02 bits per heavy atom. The van der Waals surface area contributed by atoms with E-state index in [0.717, 1.165) is 18.4 Å². The Hall–Kier alpha value is -4.65. The Kier molecular flexibility index (Phi) is 9.01. The highest BCUT2D eigenvalue weighted by Crippen LogP contribution is 2.57. The van der Waals surface area contributed by atoms with Gasteiger partial charge >= 0.3 is 12.3 Å². The first kappa shape index (κ1) is 31.8. The van der Waals surface area contributed by atoms with E-state index in [1.807, 2.05) is 0 Å². The Labute approximate surface area is 261 Å². The Balaban J connectivity index is 1.42. The molecule has 0 bridgehead atoms. The highest BCUT2D eigenvalue weighted by Gasteiger charge is 2.54. The van der Waals surface area contributed by atoms with Crippen molar-refractivity contribution in [2.24, 2.45) is 0 Å². The summed E-state index contributed by atoms with van der Waals surface area (Å²) >= 11 is 6.12. The van der Waals surface area contributed by atoms with Crippen molar-refractivity contribution >= 4 is 40.8 Å². The van der Waals surface area contributed by atoms with Crippen molar-refractivity contribution < 1.29 is 46.9 Å². The molecule has 1 spiro atoms. The van der Waals surface area contributed by atoms with Crippen LogP contribution >= 0.6 is 11.6 Å². The summed E-state index contributed by atoms with van der Waals surface area (Å²) in [7, 11) is 1.45. The first-order valence-electron chi connectivity index (χ1n) is 13.9. The predicted octanol–water partition coefficient (Wildman–Crippen LogP) is 5.45. The van der Waals surface area contributed by atoms with Gasteiger partial charge in [-0.2, -0.15) is 0 Å². The first-order chi connectivity index (χ1) is 21.4. The number of carbonyl (C=O) groups is 3. The summed E-state index contributed by atoms with van der Waals surface area (Å²) in [5.74, 6) is -1.81. The molecule has 1 atom stereocenters. The van der Waals surface area contributed by atoms with E-state index in [9.17, 15) is 27.6 Å². The van der Waals surface area contributed by atoms with Crippen molar-refractivity contribution in [2.45, 2.75) is 37.1 Å². The molecule has 238 valence electrons. The monoisotopic (exact) mass is 647 g/mol. The van der Waals surface area contributed by atoms with Crippen LogP contribution in [0.25, 0.3) is 0 Å². The van der Waals surface area contributed by atoms with Crippen LogP contribution in [0.1, 0.15) is 36.4 Å². The lowest BCUT2D eigenvalue weighted by Crippen LogP contribution is -2.38. The van der Waals surface area contributed by atoms with E-state index in [2.05, 4.69) is 15.4 Å². The number of carboxylic acids is 1. The summed E-state index contributed by atoms with van der Waals surface area (Å²) in [5.41, 5.74) is 1.80. The molecule has 1 aliphatic carbocycles. The maximum Gasteiger partial charge on any atom is 0.573 e. The summed E-state index contributed by atoms with van der Waals surface area (Å²) in [6.07, 6.45) is -3.39. The van der Waals surface area contributed by atoms with E-state index in [4.69, 9.17) is 26.2 Å². The van der Waals surface area contributed by atoms with E-state index < -0.39 is 42.5 Å². The lowest BCUT2D eigenvalue weighted by atomic mass is 9.99. The Morgan fingerprint density at radius 2 is 1.73 bits per heavy atom. The van der Waals surface area contributed by atoms with Gasteiger partial charge in [-0.25, -0.2) is 0 Å². The van der Waals surface area contributed by atoms with Gasteiger partial charge in [-0.15, -0.1) is 13.2 Å². The van der Waals surface area contributed by atoms with E-state index in [1.165, 1.54) is 24.1 Å². The van der Waals surface area contributed by atoms with Gasteiger partial charge < -0.3 is 34.9 Å². The molecule has 3 aromatic rings. The summed E-state index contributed by atoms with van der Waals surface area (Å²) in [6, 6.07) is 14.5. The number of rotatable bonds is 12. The van der Waals surface area contributed by atoms with Gasteiger partial charge in [0.25, 0.3) is 5.91 Å². The molecule has 0 aromatic heterocycles. The van der Waals surface area contributed by atoms with Gasteiger partial charge in [0.05, 0.1) is 25.8 Å². The SMILES string of the molecule is COc1cc(NC(C(=O)N2CC3(CC3)c3ccc(OC(F)(F)F)cc32)c2ccc(Cl)cc2)cc(OCCC(=O)NCC(=O)O)c1. The highest BCUT2D eigenvalue weighted by atomic mass is 35.5. The maximum absolute atomic E-state index is 14.3. The van der Waals surface area contributed by atoms with Gasteiger partial charge in [0, 0.05) is 46.9 Å². The normalized spacial score (nSPS) is 15.2. The lowest BCUT2D eigenvalue weighted by Gasteiger charge is -2.27. The highest BCUT2D eigenvalue weighted by molar-refractivity contribution is 6.30. The van der Waals surface area contributed by atoms with E-state index in [-0.39, 0.29) is 18.4 Å². The zero-order valence-corrected chi connectivity index (χ0v) is 24.7. The summed E-state index contributed by atoms with van der Waals surface area (Å²) in [5, 5.41) is 14.6. The molecule has 3 aromatic carbocycles. The van der Waals surface area contributed by atoms with Crippen LogP contribution < -0.4 is 29.7 Å². The molecule has 2 amide bonds. The van der Waals surface area contributed by atoms with E-state index in [0.29, 0.717) is 40.0 Å². The van der Waals surface area contributed by atoms with Crippen LogP contribution in [0.4, 0.5) is 24.5 Å². The fourth-order valence-corrected chi connectivity index (χ4v) is 5.40. The van der Waals surface area contributed by atoms with Crippen LogP contribution in [0.3, 0.4) is 0 Å². The van der Waals surface area contributed by atoms with Crippen molar-refractivity contribution in [3.63, 3.8) is 0 Å². The predicted molar refractivity (Wildman–Crippen MR) is 158 cm³/mol. The summed E-state index contributed by atoms with van der Waals surface area (Å²) in [4.78, 5) is 38.4. The molecule has 5 rings (SSSR count). The van der Waals surface area contributed by atoms with Crippen LogP contribution in [-0.4, -0.2) is 56.1 Å². The van der Waals surface area contributed by atoms with E-state index >= 15 is 0 Å². The fraction of sp³-hybridized carbons (Fsp3) is 0.323. The number of benzene rings is 3. The molecular formula is C31H29ClF3N3O7. The van der Waals surface area contributed by atoms with Crippen LogP contribution in [0.15, 0.2) is 60.7 Å². The minimum Gasteiger partial charge on any atom is -0.497 e.